The molecule has 0 fully saturated rings. The molecule has 0 radical (unpaired) electrons. The molecule has 1 aromatic carbocycles. The van der Waals surface area contributed by atoms with Gasteiger partial charge in [-0.05, 0) is 18.6 Å². The van der Waals surface area contributed by atoms with Gasteiger partial charge in [0, 0.05) is 17.1 Å². The summed E-state index contributed by atoms with van der Waals surface area (Å²) in [5.74, 6) is 0.964. The van der Waals surface area contributed by atoms with Crippen molar-refractivity contribution in [1.82, 2.24) is 4.57 Å². The maximum absolute atomic E-state index is 11.1. The van der Waals surface area contributed by atoms with E-state index in [1.165, 1.54) is 0 Å². The maximum Gasteiger partial charge on any atom is 0.338 e. The molecule has 3 N–H and O–H groups in total. The van der Waals surface area contributed by atoms with E-state index in [4.69, 9.17) is 17.3 Å². The van der Waals surface area contributed by atoms with Crippen molar-refractivity contribution in [3.63, 3.8) is 0 Å². The largest absolute Gasteiger partial charge is 0.479 e. The number of carboxylic acids is 1. The Labute approximate surface area is 105 Å². The lowest BCUT2D eigenvalue weighted by molar-refractivity contribution is -0.141. The topological polar surface area (TPSA) is 68.2 Å². The number of nitrogens with two attached hydrogens (primary N) is 1. The fourth-order valence-corrected chi connectivity index (χ4v) is 2.00. The predicted octanol–water partition coefficient (Wildman–Crippen LogP) is 1.37. The Balaban J connectivity index is 2.51. The summed E-state index contributed by atoms with van der Waals surface area (Å²) in [5.41, 5.74) is 6.03. The fourth-order valence-electron chi connectivity index (χ4n) is 2.00. The Morgan fingerprint density at radius 1 is 1.56 bits per heavy atom. The molecule has 0 aliphatic rings. The minimum absolute atomic E-state index is 0.0488. The first-order valence-electron chi connectivity index (χ1n) is 5.52. The molecule has 0 spiro atoms. The van der Waals surface area contributed by atoms with Gasteiger partial charge in [0.1, 0.15) is 0 Å². The quantitative estimate of drug-likeness (QED) is 0.799. The Hall–Kier alpha value is -2.25. The normalized spacial score (nSPS) is 14.1. The molecule has 2 aromatic rings. The molecule has 1 heterocycles. The van der Waals surface area contributed by atoms with Gasteiger partial charge in [-0.1, -0.05) is 24.1 Å². The number of hydrogen-bond donors (Lipinski definition) is 2. The molecule has 0 saturated heterocycles. The third-order valence-corrected chi connectivity index (χ3v) is 3.05. The zero-order valence-corrected chi connectivity index (χ0v) is 10.1. The summed E-state index contributed by atoms with van der Waals surface area (Å²) in [5, 5.41) is 10.2. The summed E-state index contributed by atoms with van der Waals surface area (Å²) < 4.78 is 1.79. The van der Waals surface area contributed by atoms with E-state index in [9.17, 15) is 4.79 Å². The molecule has 1 atom stereocenters. The molecule has 0 aliphatic carbocycles. The van der Waals surface area contributed by atoms with E-state index in [0.717, 1.165) is 16.5 Å². The van der Waals surface area contributed by atoms with Crippen LogP contribution < -0.4 is 5.73 Å². The summed E-state index contributed by atoms with van der Waals surface area (Å²) in [7, 11) is 0. The summed E-state index contributed by atoms with van der Waals surface area (Å²) in [6, 6.07) is 7.73. The summed E-state index contributed by atoms with van der Waals surface area (Å²) >= 11 is 0. The number of carboxylic acid groups (broad SMARTS) is 1. The molecule has 2 rings (SSSR count). The van der Waals surface area contributed by atoms with Crippen molar-refractivity contribution in [3.05, 3.63) is 36.0 Å². The van der Waals surface area contributed by atoms with Crippen LogP contribution in [0.2, 0.25) is 0 Å². The van der Waals surface area contributed by atoms with Crippen LogP contribution in [0.3, 0.4) is 0 Å². The Bertz CT molecular complexity index is 651. The number of nitrogens with zero attached hydrogens (tertiary/aromatic N) is 1. The molecule has 4 nitrogen and oxygen atoms in total. The van der Waals surface area contributed by atoms with E-state index in [2.05, 4.69) is 5.92 Å². The summed E-state index contributed by atoms with van der Waals surface area (Å²) in [6.07, 6.45) is 7.11. The monoisotopic (exact) mass is 242 g/mol. The van der Waals surface area contributed by atoms with Gasteiger partial charge in [-0.15, -0.1) is 6.42 Å². The van der Waals surface area contributed by atoms with Gasteiger partial charge in [-0.3, -0.25) is 0 Å². The van der Waals surface area contributed by atoms with Crippen molar-refractivity contribution in [2.75, 3.05) is 0 Å². The lowest BCUT2D eigenvalue weighted by atomic mass is 10.0. The van der Waals surface area contributed by atoms with Gasteiger partial charge in [-0.2, -0.15) is 0 Å². The second-order valence-corrected chi connectivity index (χ2v) is 4.38. The third-order valence-electron chi connectivity index (χ3n) is 3.05. The SMILES string of the molecule is C#CC(N)(Cn1cc(C)c2ccccc21)C(=O)O. The Kier molecular flexibility index (Phi) is 2.85. The molecule has 92 valence electrons. The highest BCUT2D eigenvalue weighted by atomic mass is 16.4. The molecule has 0 aliphatic heterocycles. The Morgan fingerprint density at radius 2 is 2.22 bits per heavy atom. The number of aryl methyl sites for hydroxylation is 1. The van der Waals surface area contributed by atoms with Gasteiger partial charge in [0.05, 0.1) is 6.54 Å². The van der Waals surface area contributed by atoms with Crippen LogP contribution >= 0.6 is 0 Å². The van der Waals surface area contributed by atoms with E-state index in [1.807, 2.05) is 37.4 Å². The summed E-state index contributed by atoms with van der Waals surface area (Å²) in [6.45, 7) is 2.01. The highest BCUT2D eigenvalue weighted by Gasteiger charge is 2.32. The molecule has 1 unspecified atom stereocenters. The maximum atomic E-state index is 11.1. The molecule has 0 saturated carbocycles. The first-order valence-corrected chi connectivity index (χ1v) is 5.52. The number of aromatic nitrogens is 1. The smallest absolute Gasteiger partial charge is 0.338 e. The second kappa shape index (κ2) is 4.21. The zero-order chi connectivity index (χ0) is 13.3. The van der Waals surface area contributed by atoms with Crippen molar-refractivity contribution in [2.24, 2.45) is 5.73 Å². The minimum atomic E-state index is -1.69. The van der Waals surface area contributed by atoms with Crippen LogP contribution in [0.25, 0.3) is 10.9 Å². The standard InChI is InChI=1S/C14H14N2O2/c1-3-14(15,13(17)18)9-16-8-10(2)11-6-4-5-7-12(11)16/h1,4-8H,9,15H2,2H3,(H,17,18). The number of benzene rings is 1. The van der Waals surface area contributed by atoms with Gasteiger partial charge in [0.2, 0.25) is 0 Å². The van der Waals surface area contributed by atoms with Crippen LogP contribution in [-0.4, -0.2) is 21.2 Å². The van der Waals surface area contributed by atoms with Gasteiger partial charge in [-0.25, -0.2) is 4.79 Å². The average molecular weight is 242 g/mol. The number of carbonyl (C=O) groups is 1. The number of hydrogen-bond acceptors (Lipinski definition) is 2. The fraction of sp³-hybridized carbons (Fsp3) is 0.214. The zero-order valence-electron chi connectivity index (χ0n) is 10.1. The van der Waals surface area contributed by atoms with Crippen molar-refractivity contribution in [3.8, 4) is 12.3 Å². The number of aliphatic carboxylic acids is 1. The molecule has 0 amide bonds. The number of terminal acetylenes is 1. The minimum Gasteiger partial charge on any atom is -0.479 e. The van der Waals surface area contributed by atoms with Gasteiger partial charge < -0.3 is 15.4 Å². The highest BCUT2D eigenvalue weighted by molar-refractivity contribution is 5.85. The molecule has 1 aromatic heterocycles. The first kappa shape index (κ1) is 12.2. The van der Waals surface area contributed by atoms with Crippen LogP contribution in [0, 0.1) is 19.3 Å². The number of para-hydroxylation sites is 1. The van der Waals surface area contributed by atoms with Crippen LogP contribution in [0.15, 0.2) is 30.5 Å². The summed E-state index contributed by atoms with van der Waals surface area (Å²) in [4.78, 5) is 11.1. The van der Waals surface area contributed by atoms with Crippen LogP contribution in [-0.2, 0) is 11.3 Å². The van der Waals surface area contributed by atoms with Crippen molar-refractivity contribution < 1.29 is 9.90 Å². The van der Waals surface area contributed by atoms with Crippen LogP contribution in [0.1, 0.15) is 5.56 Å². The second-order valence-electron chi connectivity index (χ2n) is 4.38. The third kappa shape index (κ3) is 1.85. The van der Waals surface area contributed by atoms with Crippen molar-refractivity contribution in [1.29, 1.82) is 0 Å². The van der Waals surface area contributed by atoms with Gasteiger partial charge in [0.15, 0.2) is 5.54 Å². The van der Waals surface area contributed by atoms with Crippen molar-refractivity contribution >= 4 is 16.9 Å². The van der Waals surface area contributed by atoms with E-state index >= 15 is 0 Å². The Morgan fingerprint density at radius 3 is 2.83 bits per heavy atom. The molecular weight excluding hydrogens is 228 g/mol. The van der Waals surface area contributed by atoms with E-state index in [-0.39, 0.29) is 6.54 Å². The molecular formula is C14H14N2O2. The predicted molar refractivity (Wildman–Crippen MR) is 70.1 cm³/mol. The number of fused-ring (bicyclic) bond motifs is 1. The van der Waals surface area contributed by atoms with Crippen LogP contribution in [0.5, 0.6) is 0 Å². The van der Waals surface area contributed by atoms with E-state index in [0.29, 0.717) is 0 Å². The number of rotatable bonds is 3. The van der Waals surface area contributed by atoms with Crippen LogP contribution in [0.4, 0.5) is 0 Å². The average Bonchev–Trinajstić information content (AvgIpc) is 2.66. The van der Waals surface area contributed by atoms with E-state index in [1.54, 1.807) is 4.57 Å². The lowest BCUT2D eigenvalue weighted by Crippen LogP contribution is -2.50. The lowest BCUT2D eigenvalue weighted by Gasteiger charge is -2.19. The van der Waals surface area contributed by atoms with Gasteiger partial charge in [0.25, 0.3) is 0 Å². The van der Waals surface area contributed by atoms with Gasteiger partial charge >= 0.3 is 5.97 Å². The first-order chi connectivity index (χ1) is 8.48. The molecule has 18 heavy (non-hydrogen) atoms. The molecule has 4 heteroatoms. The molecule has 0 bridgehead atoms. The van der Waals surface area contributed by atoms with Crippen molar-refractivity contribution in [2.45, 2.75) is 19.0 Å². The van der Waals surface area contributed by atoms with E-state index < -0.39 is 11.5 Å². The highest BCUT2D eigenvalue weighted by Crippen LogP contribution is 2.21.